The largest absolute Gasteiger partial charge is 0.320 e. The van der Waals surface area contributed by atoms with Crippen molar-refractivity contribution < 1.29 is 13.6 Å². The number of hydrogen-bond donors (Lipinski definition) is 1. The quantitative estimate of drug-likeness (QED) is 0.899. The number of amides is 1. The lowest BCUT2D eigenvalue weighted by atomic mass is 10.1. The third-order valence-electron chi connectivity index (χ3n) is 2.98. The minimum atomic E-state index is -0.771. The van der Waals surface area contributed by atoms with Gasteiger partial charge in [-0.1, -0.05) is 30.3 Å². The molecule has 1 N–H and O–H groups in total. The summed E-state index contributed by atoms with van der Waals surface area (Å²) in [5.41, 5.74) is 1.91. The molecular formula is C16H15F2NOS. The first-order chi connectivity index (χ1) is 10.1. The second kappa shape index (κ2) is 7.22. The predicted octanol–water partition coefficient (Wildman–Crippen LogP) is 4.15. The molecular weight excluding hydrogens is 292 g/mol. The second-order valence-electron chi connectivity index (χ2n) is 4.56. The fourth-order valence-electron chi connectivity index (χ4n) is 1.82. The third kappa shape index (κ3) is 4.29. The van der Waals surface area contributed by atoms with E-state index in [0.717, 1.165) is 23.3 Å². The van der Waals surface area contributed by atoms with Crippen molar-refractivity contribution in [1.82, 2.24) is 0 Å². The van der Waals surface area contributed by atoms with Crippen LogP contribution in [0.3, 0.4) is 0 Å². The molecule has 0 fully saturated rings. The van der Waals surface area contributed by atoms with Crippen LogP contribution >= 0.6 is 11.8 Å². The summed E-state index contributed by atoms with van der Waals surface area (Å²) in [6.07, 6.45) is 0. The molecule has 0 atom stereocenters. The number of halogens is 2. The summed E-state index contributed by atoms with van der Waals surface area (Å²) in [4.78, 5) is 11.7. The van der Waals surface area contributed by atoms with Crippen LogP contribution in [-0.4, -0.2) is 11.7 Å². The van der Waals surface area contributed by atoms with Gasteiger partial charge in [0.25, 0.3) is 0 Å². The lowest BCUT2D eigenvalue weighted by Gasteiger charge is -2.08. The number of carbonyl (C=O) groups is 1. The number of thioether (sulfide) groups is 1. The van der Waals surface area contributed by atoms with E-state index < -0.39 is 17.5 Å². The first kappa shape index (κ1) is 15.5. The number of aryl methyl sites for hydroxylation is 1. The van der Waals surface area contributed by atoms with Crippen molar-refractivity contribution in [2.24, 2.45) is 0 Å². The molecule has 0 saturated carbocycles. The number of benzene rings is 2. The maximum atomic E-state index is 13.4. The maximum absolute atomic E-state index is 13.4. The number of nitrogens with one attached hydrogen (secondary N) is 1. The number of para-hydroxylation sites is 1. The van der Waals surface area contributed by atoms with Crippen LogP contribution in [0.2, 0.25) is 0 Å². The fraction of sp³-hybridized carbons (Fsp3) is 0.188. The molecule has 0 saturated heterocycles. The molecule has 0 heterocycles. The molecule has 5 heteroatoms. The number of rotatable bonds is 5. The first-order valence-corrected chi connectivity index (χ1v) is 7.59. The Hall–Kier alpha value is -1.88. The molecule has 0 radical (unpaired) electrons. The van der Waals surface area contributed by atoms with Gasteiger partial charge in [-0.25, -0.2) is 8.78 Å². The molecule has 2 rings (SSSR count). The number of carbonyl (C=O) groups excluding carboxylic acids is 1. The minimum absolute atomic E-state index is 0.141. The highest BCUT2D eigenvalue weighted by atomic mass is 32.2. The molecule has 0 unspecified atom stereocenters. The summed E-state index contributed by atoms with van der Waals surface area (Å²) in [7, 11) is 0. The Kier molecular flexibility index (Phi) is 5.33. The van der Waals surface area contributed by atoms with Crippen LogP contribution in [-0.2, 0) is 10.5 Å². The van der Waals surface area contributed by atoms with Gasteiger partial charge in [-0.3, -0.25) is 4.79 Å². The van der Waals surface area contributed by atoms with Crippen LogP contribution in [0.4, 0.5) is 14.5 Å². The summed E-state index contributed by atoms with van der Waals surface area (Å²) in [5, 5.41) is 2.27. The first-order valence-electron chi connectivity index (χ1n) is 6.44. The maximum Gasteiger partial charge on any atom is 0.234 e. The lowest BCUT2D eigenvalue weighted by molar-refractivity contribution is -0.113. The van der Waals surface area contributed by atoms with Crippen molar-refractivity contribution >= 4 is 23.4 Å². The minimum Gasteiger partial charge on any atom is -0.320 e. The van der Waals surface area contributed by atoms with Crippen LogP contribution < -0.4 is 5.32 Å². The van der Waals surface area contributed by atoms with E-state index in [-0.39, 0.29) is 11.4 Å². The summed E-state index contributed by atoms with van der Waals surface area (Å²) >= 11 is 1.40. The van der Waals surface area contributed by atoms with Gasteiger partial charge < -0.3 is 5.32 Å². The van der Waals surface area contributed by atoms with Gasteiger partial charge in [-0.05, 0) is 30.2 Å². The van der Waals surface area contributed by atoms with Gasteiger partial charge in [0.15, 0.2) is 0 Å². The summed E-state index contributed by atoms with van der Waals surface area (Å²) in [5.74, 6) is -1.14. The zero-order valence-corrected chi connectivity index (χ0v) is 12.3. The molecule has 0 aliphatic carbocycles. The highest BCUT2D eigenvalue weighted by Crippen LogP contribution is 2.19. The van der Waals surface area contributed by atoms with Gasteiger partial charge in [-0.2, -0.15) is 0 Å². The molecule has 1 amide bonds. The van der Waals surface area contributed by atoms with Crippen molar-refractivity contribution in [3.63, 3.8) is 0 Å². The average Bonchev–Trinajstić information content (AvgIpc) is 2.45. The SMILES string of the molecule is Cc1ccccc1CSCC(=O)Nc1c(F)cccc1F. The van der Waals surface area contributed by atoms with E-state index in [0.29, 0.717) is 5.75 Å². The van der Waals surface area contributed by atoms with Gasteiger partial charge in [-0.15, -0.1) is 11.8 Å². The van der Waals surface area contributed by atoms with Crippen LogP contribution in [0.1, 0.15) is 11.1 Å². The van der Waals surface area contributed by atoms with Gasteiger partial charge in [0.05, 0.1) is 5.75 Å². The Morgan fingerprint density at radius 2 is 1.76 bits per heavy atom. The molecule has 0 spiro atoms. The predicted molar refractivity (Wildman–Crippen MR) is 82.3 cm³/mol. The van der Waals surface area contributed by atoms with Crippen LogP contribution in [0.5, 0.6) is 0 Å². The van der Waals surface area contributed by atoms with E-state index in [1.54, 1.807) is 0 Å². The number of hydrogen-bond acceptors (Lipinski definition) is 2. The van der Waals surface area contributed by atoms with E-state index in [9.17, 15) is 13.6 Å². The topological polar surface area (TPSA) is 29.1 Å². The lowest BCUT2D eigenvalue weighted by Crippen LogP contribution is -2.16. The Labute approximate surface area is 126 Å². The highest BCUT2D eigenvalue weighted by molar-refractivity contribution is 7.99. The molecule has 0 aliphatic rings. The van der Waals surface area contributed by atoms with E-state index in [2.05, 4.69) is 5.32 Å². The smallest absolute Gasteiger partial charge is 0.234 e. The van der Waals surface area contributed by atoms with E-state index >= 15 is 0 Å². The number of anilines is 1. The average molecular weight is 307 g/mol. The van der Waals surface area contributed by atoms with Crippen LogP contribution in [0, 0.1) is 18.6 Å². The molecule has 2 nitrogen and oxygen atoms in total. The van der Waals surface area contributed by atoms with Crippen molar-refractivity contribution in [2.75, 3.05) is 11.1 Å². The van der Waals surface area contributed by atoms with Gasteiger partial charge in [0.1, 0.15) is 17.3 Å². The molecule has 2 aromatic rings. The molecule has 2 aromatic carbocycles. The second-order valence-corrected chi connectivity index (χ2v) is 5.55. The van der Waals surface area contributed by atoms with Crippen LogP contribution in [0.15, 0.2) is 42.5 Å². The Balaban J connectivity index is 1.87. The third-order valence-corrected chi connectivity index (χ3v) is 3.96. The van der Waals surface area contributed by atoms with Crippen molar-refractivity contribution in [3.05, 3.63) is 65.2 Å². The Bertz CT molecular complexity index is 626. The Morgan fingerprint density at radius 3 is 2.43 bits per heavy atom. The van der Waals surface area contributed by atoms with Gasteiger partial charge >= 0.3 is 0 Å². The van der Waals surface area contributed by atoms with Crippen LogP contribution in [0.25, 0.3) is 0 Å². The van der Waals surface area contributed by atoms with E-state index in [1.807, 2.05) is 31.2 Å². The van der Waals surface area contributed by atoms with Crippen molar-refractivity contribution in [2.45, 2.75) is 12.7 Å². The molecule has 0 aromatic heterocycles. The summed E-state index contributed by atoms with van der Waals surface area (Å²) in [6, 6.07) is 11.4. The summed E-state index contributed by atoms with van der Waals surface area (Å²) < 4.78 is 26.8. The molecule has 0 bridgehead atoms. The summed E-state index contributed by atoms with van der Waals surface area (Å²) in [6.45, 7) is 2.00. The van der Waals surface area contributed by atoms with Crippen molar-refractivity contribution in [3.8, 4) is 0 Å². The molecule has 21 heavy (non-hydrogen) atoms. The fourth-order valence-corrected chi connectivity index (χ4v) is 2.72. The highest BCUT2D eigenvalue weighted by Gasteiger charge is 2.11. The Morgan fingerprint density at radius 1 is 1.10 bits per heavy atom. The standard InChI is InChI=1S/C16H15F2NOS/c1-11-5-2-3-6-12(11)9-21-10-15(20)19-16-13(17)7-4-8-14(16)18/h2-8H,9-10H2,1H3,(H,19,20). The van der Waals surface area contributed by atoms with E-state index in [4.69, 9.17) is 0 Å². The zero-order valence-electron chi connectivity index (χ0n) is 11.5. The van der Waals surface area contributed by atoms with Gasteiger partial charge in [0, 0.05) is 5.75 Å². The van der Waals surface area contributed by atoms with Crippen molar-refractivity contribution in [1.29, 1.82) is 0 Å². The normalized spacial score (nSPS) is 10.4. The zero-order chi connectivity index (χ0) is 15.2. The van der Waals surface area contributed by atoms with E-state index in [1.165, 1.54) is 17.8 Å². The molecule has 0 aliphatic heterocycles. The monoisotopic (exact) mass is 307 g/mol. The van der Waals surface area contributed by atoms with Gasteiger partial charge in [0.2, 0.25) is 5.91 Å². The molecule has 110 valence electrons.